The van der Waals surface area contributed by atoms with Crippen LogP contribution in [0.2, 0.25) is 0 Å². The molecule has 3 N–H and O–H groups in total. The number of rotatable bonds is 8. The molecule has 0 radical (unpaired) electrons. The van der Waals surface area contributed by atoms with E-state index in [1.54, 1.807) is 22.8 Å². The highest BCUT2D eigenvalue weighted by atomic mass is 19.1. The Bertz CT molecular complexity index is 1470. The number of carbonyl (C=O) groups is 1. The van der Waals surface area contributed by atoms with Crippen LogP contribution in [0.1, 0.15) is 35.7 Å². The molecule has 10 heteroatoms. The topological polar surface area (TPSA) is 110 Å². The standard InChI is InChI=1S/C28H30FN5O4/c1-3-30-28(36)21-6-4-19(12-17(21)2)24-16-32-27-23(31-15-18-8-10-37-11-9-18)14-26(33-34(24)27)38-20-5-7-25(35)22(29)13-20/h4-7,12-14,16,18,31,35H,3,8-11,15H2,1-2H3,(H,30,36). The SMILES string of the molecule is CCNC(=O)c1ccc(-c2cnc3c(NCC4CCOCC4)cc(Oc4ccc(O)c(F)c4)nn23)cc1C. The monoisotopic (exact) mass is 519 g/mol. The predicted molar refractivity (Wildman–Crippen MR) is 141 cm³/mol. The molecule has 1 saturated heterocycles. The van der Waals surface area contributed by atoms with Crippen molar-refractivity contribution in [1.29, 1.82) is 0 Å². The summed E-state index contributed by atoms with van der Waals surface area (Å²) in [5.74, 6) is -0.468. The second-order valence-electron chi connectivity index (χ2n) is 9.32. The third-order valence-electron chi connectivity index (χ3n) is 6.61. The predicted octanol–water partition coefficient (Wildman–Crippen LogP) is 4.93. The number of hydrogen-bond donors (Lipinski definition) is 3. The lowest BCUT2D eigenvalue weighted by Gasteiger charge is -2.22. The number of aromatic hydroxyl groups is 1. The molecule has 5 rings (SSSR count). The summed E-state index contributed by atoms with van der Waals surface area (Å²) in [6.45, 7) is 6.55. The van der Waals surface area contributed by atoms with E-state index in [2.05, 4.69) is 20.7 Å². The fourth-order valence-electron chi connectivity index (χ4n) is 4.53. The van der Waals surface area contributed by atoms with Crippen LogP contribution in [0.15, 0.2) is 48.7 Å². The Kier molecular flexibility index (Phi) is 7.41. The number of nitrogens with zero attached hydrogens (tertiary/aromatic N) is 3. The number of phenolic OH excluding ortho intramolecular Hbond substituents is 1. The number of aryl methyl sites for hydroxylation is 1. The minimum atomic E-state index is -0.785. The number of benzene rings is 2. The van der Waals surface area contributed by atoms with E-state index in [0.29, 0.717) is 29.4 Å². The smallest absolute Gasteiger partial charge is 0.251 e. The van der Waals surface area contributed by atoms with Crippen LogP contribution in [-0.2, 0) is 4.74 Å². The van der Waals surface area contributed by atoms with Gasteiger partial charge >= 0.3 is 0 Å². The van der Waals surface area contributed by atoms with E-state index in [9.17, 15) is 14.3 Å². The lowest BCUT2D eigenvalue weighted by molar-refractivity contribution is 0.0699. The molecule has 0 atom stereocenters. The highest BCUT2D eigenvalue weighted by Gasteiger charge is 2.19. The van der Waals surface area contributed by atoms with E-state index in [-0.39, 0.29) is 17.5 Å². The quantitative estimate of drug-likeness (QED) is 0.303. The van der Waals surface area contributed by atoms with Crippen molar-refractivity contribution in [3.05, 3.63) is 65.6 Å². The molecular formula is C28H30FN5O4. The van der Waals surface area contributed by atoms with Crippen molar-refractivity contribution in [3.63, 3.8) is 0 Å². The number of amides is 1. The van der Waals surface area contributed by atoms with Gasteiger partial charge in [0.1, 0.15) is 5.75 Å². The Morgan fingerprint density at radius 2 is 2.03 bits per heavy atom. The van der Waals surface area contributed by atoms with Crippen LogP contribution in [0, 0.1) is 18.7 Å². The molecule has 1 aliphatic rings. The molecule has 2 aromatic heterocycles. The highest BCUT2D eigenvalue weighted by Crippen LogP contribution is 2.31. The summed E-state index contributed by atoms with van der Waals surface area (Å²) in [7, 11) is 0. The summed E-state index contributed by atoms with van der Waals surface area (Å²) < 4.78 is 27.0. The lowest BCUT2D eigenvalue weighted by atomic mass is 10.0. The van der Waals surface area contributed by atoms with Gasteiger partial charge in [0.05, 0.1) is 17.6 Å². The fourth-order valence-corrected chi connectivity index (χ4v) is 4.53. The van der Waals surface area contributed by atoms with Crippen LogP contribution >= 0.6 is 0 Å². The number of phenols is 1. The van der Waals surface area contributed by atoms with Crippen LogP contribution in [0.3, 0.4) is 0 Å². The van der Waals surface area contributed by atoms with Gasteiger partial charge in [-0.2, -0.15) is 0 Å². The number of ether oxygens (including phenoxy) is 2. The van der Waals surface area contributed by atoms with Crippen LogP contribution in [0.4, 0.5) is 10.1 Å². The molecule has 198 valence electrons. The minimum Gasteiger partial charge on any atom is -0.505 e. The fraction of sp³-hybridized carbons (Fsp3) is 0.321. The van der Waals surface area contributed by atoms with Crippen molar-refractivity contribution in [1.82, 2.24) is 19.9 Å². The molecule has 38 heavy (non-hydrogen) atoms. The second kappa shape index (κ2) is 11.1. The van der Waals surface area contributed by atoms with Crippen molar-refractivity contribution in [2.45, 2.75) is 26.7 Å². The second-order valence-corrected chi connectivity index (χ2v) is 9.32. The first-order valence-electron chi connectivity index (χ1n) is 12.7. The third kappa shape index (κ3) is 5.40. The van der Waals surface area contributed by atoms with E-state index in [1.807, 2.05) is 26.0 Å². The van der Waals surface area contributed by atoms with Crippen molar-refractivity contribution in [3.8, 4) is 28.6 Å². The van der Waals surface area contributed by atoms with Gasteiger partial charge in [-0.15, -0.1) is 5.10 Å². The molecule has 1 fully saturated rings. The summed E-state index contributed by atoms with van der Waals surface area (Å²) in [5, 5.41) is 20.5. The third-order valence-corrected chi connectivity index (χ3v) is 6.61. The molecule has 0 bridgehead atoms. The maximum atomic E-state index is 13.9. The van der Waals surface area contributed by atoms with Crippen LogP contribution in [-0.4, -0.2) is 51.9 Å². The molecule has 2 aromatic carbocycles. The molecular weight excluding hydrogens is 489 g/mol. The van der Waals surface area contributed by atoms with Crippen molar-refractivity contribution < 1.29 is 23.8 Å². The average molecular weight is 520 g/mol. The van der Waals surface area contributed by atoms with Gasteiger partial charge in [0.2, 0.25) is 5.88 Å². The molecule has 3 heterocycles. The molecule has 1 aliphatic heterocycles. The summed E-state index contributed by atoms with van der Waals surface area (Å²) in [6, 6.07) is 11.1. The number of carbonyl (C=O) groups excluding carboxylic acids is 1. The van der Waals surface area contributed by atoms with E-state index >= 15 is 0 Å². The van der Waals surface area contributed by atoms with Crippen LogP contribution in [0.25, 0.3) is 16.9 Å². The maximum absolute atomic E-state index is 13.9. The molecule has 4 aromatic rings. The minimum absolute atomic E-state index is 0.121. The first kappa shape index (κ1) is 25.5. The lowest BCUT2D eigenvalue weighted by Crippen LogP contribution is -2.23. The Morgan fingerprint density at radius 3 is 2.76 bits per heavy atom. The zero-order valence-electron chi connectivity index (χ0n) is 21.3. The maximum Gasteiger partial charge on any atom is 0.251 e. The first-order valence-corrected chi connectivity index (χ1v) is 12.7. The number of nitrogens with one attached hydrogen (secondary N) is 2. The molecule has 0 saturated carbocycles. The molecule has 0 spiro atoms. The Morgan fingerprint density at radius 1 is 1.21 bits per heavy atom. The van der Waals surface area contributed by atoms with Gasteiger partial charge < -0.3 is 25.2 Å². The summed E-state index contributed by atoms with van der Waals surface area (Å²) in [6.07, 6.45) is 3.68. The summed E-state index contributed by atoms with van der Waals surface area (Å²) in [5.41, 5.74) is 4.31. The van der Waals surface area contributed by atoms with E-state index in [4.69, 9.17) is 9.47 Å². The number of fused-ring (bicyclic) bond motifs is 1. The van der Waals surface area contributed by atoms with Gasteiger partial charge in [-0.05, 0) is 62.4 Å². The zero-order chi connectivity index (χ0) is 26.6. The van der Waals surface area contributed by atoms with Crippen molar-refractivity contribution >= 4 is 17.2 Å². The average Bonchev–Trinajstić information content (AvgIpc) is 3.34. The number of hydrogen-bond acceptors (Lipinski definition) is 7. The van der Waals surface area contributed by atoms with E-state index < -0.39 is 11.6 Å². The molecule has 0 aliphatic carbocycles. The van der Waals surface area contributed by atoms with Gasteiger partial charge in [-0.1, -0.05) is 6.07 Å². The van der Waals surface area contributed by atoms with Gasteiger partial charge in [-0.3, -0.25) is 4.79 Å². The van der Waals surface area contributed by atoms with Gasteiger partial charge in [0.25, 0.3) is 5.91 Å². The van der Waals surface area contributed by atoms with Crippen LogP contribution in [0.5, 0.6) is 17.4 Å². The van der Waals surface area contributed by atoms with Crippen molar-refractivity contribution in [2.24, 2.45) is 5.92 Å². The Balaban J connectivity index is 1.52. The van der Waals surface area contributed by atoms with Gasteiger partial charge in [0, 0.05) is 49.6 Å². The normalized spacial score (nSPS) is 14.0. The summed E-state index contributed by atoms with van der Waals surface area (Å²) >= 11 is 0. The van der Waals surface area contributed by atoms with Gasteiger partial charge in [-0.25, -0.2) is 13.9 Å². The Labute approximate surface area is 219 Å². The molecule has 1 amide bonds. The number of aromatic nitrogens is 3. The molecule has 9 nitrogen and oxygen atoms in total. The number of anilines is 1. The number of halogens is 1. The van der Waals surface area contributed by atoms with Crippen molar-refractivity contribution in [2.75, 3.05) is 31.6 Å². The largest absolute Gasteiger partial charge is 0.505 e. The van der Waals surface area contributed by atoms with Crippen LogP contribution < -0.4 is 15.4 Å². The highest BCUT2D eigenvalue weighted by molar-refractivity contribution is 5.96. The number of imidazole rings is 1. The van der Waals surface area contributed by atoms with E-state index in [1.165, 1.54) is 12.1 Å². The van der Waals surface area contributed by atoms with E-state index in [0.717, 1.165) is 55.5 Å². The first-order chi connectivity index (χ1) is 18.4. The van der Waals surface area contributed by atoms with Gasteiger partial charge in [0.15, 0.2) is 17.2 Å². The summed E-state index contributed by atoms with van der Waals surface area (Å²) in [4.78, 5) is 17.0. The molecule has 0 unspecified atom stereocenters. The zero-order valence-corrected chi connectivity index (χ0v) is 21.3. The Hall–Kier alpha value is -4.18.